The van der Waals surface area contributed by atoms with Gasteiger partial charge >= 0.3 is 0 Å². The Morgan fingerprint density at radius 3 is 1.39 bits per heavy atom. The molecular formula is C42H30N2. The molecule has 6 aromatic carbocycles. The van der Waals surface area contributed by atoms with Crippen molar-refractivity contribution < 1.29 is 0 Å². The van der Waals surface area contributed by atoms with Crippen LogP contribution < -0.4 is 9.80 Å². The molecule has 3 aliphatic rings. The van der Waals surface area contributed by atoms with E-state index in [1.165, 1.54) is 67.5 Å². The molecule has 2 heteroatoms. The SMILES string of the molecule is C1=C2C(c3ccccc3N2c2ccc(-c3ccccc3)cc2)C2C(=C1)N(c1cccc(-c3ccccc3)c1)c1ccccc12. The van der Waals surface area contributed by atoms with E-state index in [0.717, 1.165) is 0 Å². The fourth-order valence-corrected chi connectivity index (χ4v) is 7.48. The van der Waals surface area contributed by atoms with Crippen molar-refractivity contribution in [2.45, 2.75) is 11.8 Å². The third-order valence-electron chi connectivity index (χ3n) is 9.38. The van der Waals surface area contributed by atoms with Crippen molar-refractivity contribution in [3.63, 3.8) is 0 Å². The van der Waals surface area contributed by atoms with Gasteiger partial charge < -0.3 is 9.80 Å². The van der Waals surface area contributed by atoms with E-state index in [2.05, 4.69) is 180 Å². The molecule has 2 unspecified atom stereocenters. The van der Waals surface area contributed by atoms with E-state index < -0.39 is 0 Å². The molecule has 208 valence electrons. The first-order chi connectivity index (χ1) is 21.8. The smallest absolute Gasteiger partial charge is 0.0497 e. The highest BCUT2D eigenvalue weighted by molar-refractivity contribution is 5.87. The van der Waals surface area contributed by atoms with Gasteiger partial charge in [0.15, 0.2) is 0 Å². The lowest BCUT2D eigenvalue weighted by molar-refractivity contribution is 0.687. The molecule has 0 radical (unpaired) electrons. The summed E-state index contributed by atoms with van der Waals surface area (Å²) in [6, 6.07) is 57.2. The van der Waals surface area contributed by atoms with Gasteiger partial charge in [0.2, 0.25) is 0 Å². The van der Waals surface area contributed by atoms with E-state index in [0.29, 0.717) is 0 Å². The summed E-state index contributed by atoms with van der Waals surface area (Å²) in [6.07, 6.45) is 4.73. The first-order valence-electron chi connectivity index (χ1n) is 15.4. The van der Waals surface area contributed by atoms with Crippen molar-refractivity contribution in [2.75, 3.05) is 9.80 Å². The fraction of sp³-hybridized carbons (Fsp3) is 0.0476. The van der Waals surface area contributed by atoms with Gasteiger partial charge in [-0.25, -0.2) is 0 Å². The molecule has 1 aliphatic carbocycles. The Bertz CT molecular complexity index is 2070. The van der Waals surface area contributed by atoms with E-state index in [4.69, 9.17) is 0 Å². The molecule has 2 nitrogen and oxygen atoms in total. The number of rotatable bonds is 4. The number of para-hydroxylation sites is 2. The molecule has 0 saturated carbocycles. The first kappa shape index (κ1) is 24.9. The van der Waals surface area contributed by atoms with Gasteiger partial charge in [0.25, 0.3) is 0 Å². The number of benzene rings is 6. The summed E-state index contributed by atoms with van der Waals surface area (Å²) in [5, 5.41) is 0. The number of hydrogen-bond donors (Lipinski definition) is 0. The highest BCUT2D eigenvalue weighted by Gasteiger charge is 2.48. The molecule has 0 amide bonds. The Hall–Kier alpha value is -5.60. The molecule has 0 spiro atoms. The van der Waals surface area contributed by atoms with Crippen LogP contribution in [0.25, 0.3) is 22.3 Å². The maximum Gasteiger partial charge on any atom is 0.0497 e. The van der Waals surface area contributed by atoms with Crippen LogP contribution in [-0.4, -0.2) is 0 Å². The van der Waals surface area contributed by atoms with Crippen LogP contribution in [0.4, 0.5) is 22.7 Å². The molecule has 2 heterocycles. The quantitative estimate of drug-likeness (QED) is 0.211. The lowest BCUT2D eigenvalue weighted by Gasteiger charge is -2.32. The molecular weight excluding hydrogens is 532 g/mol. The van der Waals surface area contributed by atoms with Crippen molar-refractivity contribution in [2.24, 2.45) is 0 Å². The maximum atomic E-state index is 2.49. The summed E-state index contributed by atoms with van der Waals surface area (Å²) in [6.45, 7) is 0. The molecule has 6 aromatic rings. The summed E-state index contributed by atoms with van der Waals surface area (Å²) < 4.78 is 0. The Morgan fingerprint density at radius 2 is 0.795 bits per heavy atom. The van der Waals surface area contributed by atoms with Crippen molar-refractivity contribution >= 4 is 22.7 Å². The second-order valence-corrected chi connectivity index (χ2v) is 11.8. The monoisotopic (exact) mass is 562 g/mol. The van der Waals surface area contributed by atoms with Crippen LogP contribution in [0.15, 0.2) is 181 Å². The van der Waals surface area contributed by atoms with E-state index in [-0.39, 0.29) is 11.8 Å². The molecule has 0 bridgehead atoms. The molecule has 2 aliphatic heterocycles. The summed E-state index contributed by atoms with van der Waals surface area (Å²) in [5.74, 6) is 0.449. The number of anilines is 4. The Balaban J connectivity index is 1.17. The van der Waals surface area contributed by atoms with E-state index in [9.17, 15) is 0 Å². The van der Waals surface area contributed by atoms with Crippen molar-refractivity contribution in [3.8, 4) is 22.3 Å². The highest BCUT2D eigenvalue weighted by atomic mass is 15.2. The Kier molecular flexibility index (Phi) is 5.67. The average Bonchev–Trinajstić information content (AvgIpc) is 3.62. The van der Waals surface area contributed by atoms with Gasteiger partial charge in [0.05, 0.1) is 0 Å². The molecule has 2 atom stereocenters. The molecule has 0 fully saturated rings. The van der Waals surface area contributed by atoms with Crippen LogP contribution in [0, 0.1) is 0 Å². The number of nitrogens with zero attached hydrogens (tertiary/aromatic N) is 2. The van der Waals surface area contributed by atoms with Gasteiger partial charge in [-0.2, -0.15) is 0 Å². The van der Waals surface area contributed by atoms with Crippen LogP contribution in [0.5, 0.6) is 0 Å². The average molecular weight is 563 g/mol. The van der Waals surface area contributed by atoms with Crippen molar-refractivity contribution in [3.05, 3.63) is 192 Å². The first-order valence-corrected chi connectivity index (χ1v) is 15.4. The summed E-state index contributed by atoms with van der Waals surface area (Å²) in [7, 11) is 0. The number of hydrogen-bond acceptors (Lipinski definition) is 2. The normalized spacial score (nSPS) is 17.7. The summed E-state index contributed by atoms with van der Waals surface area (Å²) in [4.78, 5) is 4.96. The van der Waals surface area contributed by atoms with E-state index >= 15 is 0 Å². The van der Waals surface area contributed by atoms with Gasteiger partial charge in [0.1, 0.15) is 0 Å². The second kappa shape index (κ2) is 10.00. The van der Waals surface area contributed by atoms with Crippen LogP contribution in [0.2, 0.25) is 0 Å². The van der Waals surface area contributed by atoms with Gasteiger partial charge in [-0.05, 0) is 81.9 Å². The minimum Gasteiger partial charge on any atom is -0.313 e. The second-order valence-electron chi connectivity index (χ2n) is 11.8. The summed E-state index contributed by atoms with van der Waals surface area (Å²) >= 11 is 0. The number of allylic oxidation sites excluding steroid dienone is 4. The third kappa shape index (κ3) is 3.81. The minimum atomic E-state index is 0.223. The van der Waals surface area contributed by atoms with E-state index in [1.807, 2.05) is 0 Å². The maximum absolute atomic E-state index is 2.49. The molecule has 9 rings (SSSR count). The van der Waals surface area contributed by atoms with Gasteiger partial charge in [-0.1, -0.05) is 121 Å². The zero-order valence-corrected chi connectivity index (χ0v) is 24.2. The highest BCUT2D eigenvalue weighted by Crippen LogP contribution is 2.62. The lowest BCUT2D eigenvalue weighted by atomic mass is 9.78. The summed E-state index contributed by atoms with van der Waals surface area (Å²) in [5.41, 5.74) is 15.3. The Labute approximate surface area is 258 Å². The zero-order valence-electron chi connectivity index (χ0n) is 24.2. The third-order valence-corrected chi connectivity index (χ3v) is 9.38. The minimum absolute atomic E-state index is 0.223. The topological polar surface area (TPSA) is 6.48 Å². The van der Waals surface area contributed by atoms with Crippen molar-refractivity contribution in [1.82, 2.24) is 0 Å². The number of fused-ring (bicyclic) bond motifs is 7. The molecule has 0 N–H and O–H groups in total. The predicted octanol–water partition coefficient (Wildman–Crippen LogP) is 11.0. The van der Waals surface area contributed by atoms with Crippen molar-refractivity contribution in [1.29, 1.82) is 0 Å². The van der Waals surface area contributed by atoms with Crippen LogP contribution in [0.3, 0.4) is 0 Å². The van der Waals surface area contributed by atoms with Gasteiger partial charge in [-0.15, -0.1) is 0 Å². The lowest BCUT2D eigenvalue weighted by Crippen LogP contribution is -2.23. The van der Waals surface area contributed by atoms with Gasteiger partial charge in [0, 0.05) is 46.0 Å². The zero-order chi connectivity index (χ0) is 29.0. The molecule has 0 aromatic heterocycles. The van der Waals surface area contributed by atoms with Gasteiger partial charge in [-0.3, -0.25) is 0 Å². The van der Waals surface area contributed by atoms with E-state index in [1.54, 1.807) is 0 Å². The fourth-order valence-electron chi connectivity index (χ4n) is 7.48. The largest absolute Gasteiger partial charge is 0.313 e. The van der Waals surface area contributed by atoms with Crippen LogP contribution in [0.1, 0.15) is 23.0 Å². The molecule has 0 saturated heterocycles. The predicted molar refractivity (Wildman–Crippen MR) is 183 cm³/mol. The Morgan fingerprint density at radius 1 is 0.341 bits per heavy atom. The van der Waals surface area contributed by atoms with Crippen LogP contribution in [-0.2, 0) is 0 Å². The standard InChI is InChI=1S/C42H30N2/c1-3-12-29(13-4-1)31-22-24-33(25-23-31)43-37-20-9-7-18-35(37)41-39(43)26-27-40-42(41)36-19-8-10-21-38(36)44(40)34-17-11-16-32(28-34)30-14-5-2-6-15-30/h1-28,41-42H. The molecule has 44 heavy (non-hydrogen) atoms. The van der Waals surface area contributed by atoms with Crippen LogP contribution >= 0.6 is 0 Å².